The van der Waals surface area contributed by atoms with E-state index >= 15 is 0 Å². The maximum atomic E-state index is 13.8. The SMILES string of the molecule is [B]C1([B])C(C(=O)N2CC(=O)N3CCc4ccccc4C3C2)C([B])([B])C([B])([B])C([B])([B])C1([B])[B]. The summed E-state index contributed by atoms with van der Waals surface area (Å²) in [6, 6.07) is 7.34. The number of piperazine rings is 1. The Hall–Kier alpha value is -1.19. The smallest absolute Gasteiger partial charge is 0.242 e. The van der Waals surface area contributed by atoms with Crippen molar-refractivity contribution in [2.24, 2.45) is 5.92 Å². The molecule has 1 aromatic carbocycles. The zero-order valence-electron chi connectivity index (χ0n) is 18.3. The van der Waals surface area contributed by atoms with Gasteiger partial charge in [0.1, 0.15) is 0 Å². The molecule has 0 bridgehead atoms. The molecule has 0 spiro atoms. The highest BCUT2D eigenvalue weighted by molar-refractivity contribution is 6.70. The van der Waals surface area contributed by atoms with Crippen LogP contribution in [0, 0.1) is 5.92 Å². The van der Waals surface area contributed by atoms with E-state index in [0.717, 1.165) is 17.5 Å². The van der Waals surface area contributed by atoms with Crippen molar-refractivity contribution >= 4 is 90.3 Å². The van der Waals surface area contributed by atoms with Gasteiger partial charge in [-0.3, -0.25) is 9.59 Å². The van der Waals surface area contributed by atoms with Crippen LogP contribution in [0.1, 0.15) is 17.2 Å². The predicted molar refractivity (Wildman–Crippen MR) is 136 cm³/mol. The van der Waals surface area contributed by atoms with E-state index in [1.807, 2.05) is 24.3 Å². The summed E-state index contributed by atoms with van der Waals surface area (Å²) in [5.74, 6) is -2.76. The van der Waals surface area contributed by atoms with E-state index in [9.17, 15) is 9.59 Å². The van der Waals surface area contributed by atoms with Crippen molar-refractivity contribution in [3.05, 3.63) is 35.4 Å². The molecule has 0 aromatic heterocycles. The van der Waals surface area contributed by atoms with Crippen LogP contribution >= 0.6 is 0 Å². The van der Waals surface area contributed by atoms with Gasteiger partial charge in [-0.1, -0.05) is 34.7 Å². The van der Waals surface area contributed by atoms with Crippen LogP contribution in [0.3, 0.4) is 0 Å². The largest absolute Gasteiger partial charge is 0.332 e. The zero-order chi connectivity index (χ0) is 24.8. The molecule has 20 radical (unpaired) electrons. The minimum Gasteiger partial charge on any atom is -0.332 e. The first-order valence-corrected chi connectivity index (χ1v) is 10.5. The number of amides is 2. The van der Waals surface area contributed by atoms with Gasteiger partial charge in [-0.05, 0) is 17.5 Å². The van der Waals surface area contributed by atoms with Crippen LogP contribution in [-0.4, -0.2) is 120 Å². The van der Waals surface area contributed by atoms with Crippen LogP contribution in [0.15, 0.2) is 24.3 Å². The highest BCUT2D eigenvalue weighted by Crippen LogP contribution is 2.80. The van der Waals surface area contributed by atoms with Crippen molar-refractivity contribution in [1.82, 2.24) is 9.80 Å². The fraction of sp³-hybridized carbons (Fsp3) is 0.579. The molecule has 1 saturated carbocycles. The molecule has 1 aromatic rings. The second-order valence-corrected chi connectivity index (χ2v) is 9.68. The Morgan fingerprint density at radius 2 is 1.39 bits per heavy atom. The first-order chi connectivity index (χ1) is 15.0. The highest BCUT2D eigenvalue weighted by atomic mass is 16.2. The molecule has 2 fully saturated rings. The minimum atomic E-state index is -2.38. The second-order valence-electron chi connectivity index (χ2n) is 9.68. The number of hydrogen-bond acceptors (Lipinski definition) is 2. The van der Waals surface area contributed by atoms with Crippen LogP contribution < -0.4 is 0 Å². The topological polar surface area (TPSA) is 40.6 Å². The molecule has 14 heteroatoms. The van der Waals surface area contributed by atoms with Gasteiger partial charge in [-0.2, -0.15) is 0 Å². The molecule has 4 rings (SSSR count). The summed E-state index contributed by atoms with van der Waals surface area (Å²) in [6.45, 7) is 0.430. The molecule has 2 heterocycles. The Bertz CT molecular complexity index is 982. The van der Waals surface area contributed by atoms with Crippen LogP contribution in [0.4, 0.5) is 0 Å². The first-order valence-electron chi connectivity index (χ1n) is 10.5. The molecule has 2 amide bonds. The fourth-order valence-electron chi connectivity index (χ4n) is 5.37. The minimum absolute atomic E-state index is 0.144. The number of benzene rings is 1. The van der Waals surface area contributed by atoms with E-state index in [-0.39, 0.29) is 25.0 Å². The van der Waals surface area contributed by atoms with Gasteiger partial charge in [0, 0.05) is 19.0 Å². The molecule has 0 N–H and O–H groups in total. The molecule has 3 aliphatic rings. The van der Waals surface area contributed by atoms with Crippen LogP contribution in [0.2, 0.25) is 26.1 Å². The van der Waals surface area contributed by atoms with E-state index in [1.54, 1.807) is 4.90 Å². The average molecular weight is 410 g/mol. The molecule has 2 aliphatic heterocycles. The summed E-state index contributed by atoms with van der Waals surface area (Å²) < 4.78 is 0. The third-order valence-corrected chi connectivity index (χ3v) is 7.77. The maximum Gasteiger partial charge on any atom is 0.242 e. The molecule has 1 saturated heterocycles. The molecule has 142 valence electrons. The van der Waals surface area contributed by atoms with E-state index in [2.05, 4.69) is 0 Å². The van der Waals surface area contributed by atoms with Gasteiger partial charge in [0.05, 0.1) is 91.0 Å². The first kappa shape index (κ1) is 24.9. The average Bonchev–Trinajstić information content (AvgIpc) is 2.71. The Labute approximate surface area is 209 Å². The summed E-state index contributed by atoms with van der Waals surface area (Å²) >= 11 is 0. The van der Waals surface area contributed by atoms with E-state index in [1.165, 1.54) is 4.90 Å². The van der Waals surface area contributed by atoms with Crippen LogP contribution in [-0.2, 0) is 16.0 Å². The van der Waals surface area contributed by atoms with E-state index in [4.69, 9.17) is 78.5 Å². The van der Waals surface area contributed by atoms with Gasteiger partial charge in [0.2, 0.25) is 11.8 Å². The number of carbonyl (C=O) groups excluding carboxylic acids is 2. The van der Waals surface area contributed by atoms with Crippen LogP contribution in [0.25, 0.3) is 0 Å². The molecule has 1 atom stereocenters. The summed E-state index contributed by atoms with van der Waals surface area (Å²) in [4.78, 5) is 29.8. The lowest BCUT2D eigenvalue weighted by Crippen LogP contribution is -2.67. The highest BCUT2D eigenvalue weighted by Gasteiger charge is 2.67. The quantitative estimate of drug-likeness (QED) is 0.496. The summed E-state index contributed by atoms with van der Waals surface area (Å²) in [5, 5.41) is -11.8. The van der Waals surface area contributed by atoms with Crippen molar-refractivity contribution in [2.45, 2.75) is 38.5 Å². The molecule has 1 aliphatic carbocycles. The maximum absolute atomic E-state index is 13.8. The number of fused-ring (bicyclic) bond motifs is 3. The van der Waals surface area contributed by atoms with Crippen molar-refractivity contribution in [2.75, 3.05) is 19.6 Å². The van der Waals surface area contributed by atoms with Crippen LogP contribution in [0.5, 0.6) is 0 Å². The van der Waals surface area contributed by atoms with E-state index < -0.39 is 37.9 Å². The van der Waals surface area contributed by atoms with Gasteiger partial charge < -0.3 is 9.80 Å². The zero-order valence-corrected chi connectivity index (χ0v) is 18.3. The molecule has 4 nitrogen and oxygen atoms in total. The van der Waals surface area contributed by atoms with Crippen molar-refractivity contribution in [3.63, 3.8) is 0 Å². The summed E-state index contributed by atoms with van der Waals surface area (Å²) in [7, 11) is 61.8. The standard InChI is InChI=1S/C19H14B10N2O2/c20-15(21)13(16(22,23)18(26,27)19(28,29)17(15,24)25)14(33)30-7-11-10-4-2-1-3-9(10)5-6-31(11)12(32)8-30/h1-4,11,13H,5-8H2. The number of carbonyl (C=O) groups is 2. The van der Waals surface area contributed by atoms with Gasteiger partial charge in [0.25, 0.3) is 0 Å². The van der Waals surface area contributed by atoms with Gasteiger partial charge in [-0.25, -0.2) is 0 Å². The molecular formula is C19H14B10N2O2. The molecular weight excluding hydrogens is 396 g/mol. The monoisotopic (exact) mass is 412 g/mol. The number of hydrogen-bond donors (Lipinski definition) is 0. The number of nitrogens with zero attached hydrogens (tertiary/aromatic N) is 2. The Morgan fingerprint density at radius 3 is 1.97 bits per heavy atom. The van der Waals surface area contributed by atoms with Gasteiger partial charge >= 0.3 is 0 Å². The summed E-state index contributed by atoms with van der Waals surface area (Å²) in [5.41, 5.74) is 2.04. The van der Waals surface area contributed by atoms with Crippen molar-refractivity contribution in [3.8, 4) is 0 Å². The summed E-state index contributed by atoms with van der Waals surface area (Å²) in [6.07, 6.45) is 0.721. The second kappa shape index (κ2) is 7.40. The third kappa shape index (κ3) is 3.10. The lowest BCUT2D eigenvalue weighted by Gasteiger charge is -2.77. The third-order valence-electron chi connectivity index (χ3n) is 7.77. The Balaban J connectivity index is 1.75. The number of rotatable bonds is 1. The predicted octanol–water partition coefficient (Wildman–Crippen LogP) is -2.15. The van der Waals surface area contributed by atoms with E-state index in [0.29, 0.717) is 6.54 Å². The van der Waals surface area contributed by atoms with Crippen molar-refractivity contribution < 1.29 is 9.59 Å². The lowest BCUT2D eigenvalue weighted by atomic mass is 9.00. The van der Waals surface area contributed by atoms with Gasteiger partial charge in [-0.15, -0.1) is 15.6 Å². The Morgan fingerprint density at radius 1 is 0.848 bits per heavy atom. The fourth-order valence-corrected chi connectivity index (χ4v) is 5.37. The van der Waals surface area contributed by atoms with Gasteiger partial charge in [0.15, 0.2) is 0 Å². The molecule has 1 unspecified atom stereocenters. The lowest BCUT2D eigenvalue weighted by molar-refractivity contribution is -0.152. The normalized spacial score (nSPS) is 29.0. The molecule has 33 heavy (non-hydrogen) atoms. The van der Waals surface area contributed by atoms with Crippen molar-refractivity contribution in [1.29, 1.82) is 0 Å². The Kier molecular flexibility index (Phi) is 5.59.